The summed E-state index contributed by atoms with van der Waals surface area (Å²) in [5, 5.41) is 11.2. The van der Waals surface area contributed by atoms with Crippen molar-refractivity contribution < 1.29 is 19.4 Å². The highest BCUT2D eigenvalue weighted by Crippen LogP contribution is 2.12. The maximum absolute atomic E-state index is 12.0. The summed E-state index contributed by atoms with van der Waals surface area (Å²) in [6.07, 6.45) is 0.514. The molecule has 0 bridgehead atoms. The van der Waals surface area contributed by atoms with Gasteiger partial charge >= 0.3 is 5.97 Å². The van der Waals surface area contributed by atoms with Crippen LogP contribution in [0.3, 0.4) is 0 Å². The lowest BCUT2D eigenvalue weighted by Crippen LogP contribution is -2.29. The Labute approximate surface area is 144 Å². The van der Waals surface area contributed by atoms with Crippen LogP contribution in [0.25, 0.3) is 0 Å². The van der Waals surface area contributed by atoms with Crippen molar-refractivity contribution in [2.24, 2.45) is 0 Å². The molecule has 25 heavy (non-hydrogen) atoms. The van der Waals surface area contributed by atoms with Gasteiger partial charge < -0.3 is 20.1 Å². The Bertz CT molecular complexity index is 796. The van der Waals surface area contributed by atoms with Crippen molar-refractivity contribution in [3.63, 3.8) is 0 Å². The molecule has 3 N–H and O–H groups in total. The maximum Gasteiger partial charge on any atom is 0.303 e. The smallest absolute Gasteiger partial charge is 0.303 e. The van der Waals surface area contributed by atoms with Crippen LogP contribution in [0.4, 0.5) is 0 Å². The summed E-state index contributed by atoms with van der Waals surface area (Å²) < 4.78 is 5.44. The van der Waals surface area contributed by atoms with Crippen LogP contribution in [0.2, 0.25) is 0 Å². The number of hydrogen-bond acceptors (Lipinski definition) is 4. The number of carbonyl (C=O) groups excluding carboxylic acids is 1. The minimum absolute atomic E-state index is 0.0717. The molecule has 132 valence electrons. The Balaban J connectivity index is 1.83. The number of aromatic nitrogens is 1. The molecular weight excluding hydrogens is 324 g/mol. The second kappa shape index (κ2) is 8.68. The van der Waals surface area contributed by atoms with Gasteiger partial charge in [-0.15, -0.1) is 0 Å². The van der Waals surface area contributed by atoms with Crippen LogP contribution < -0.4 is 15.6 Å². The number of benzene rings is 1. The molecular formula is C18H20N2O5. The molecule has 1 amide bonds. The molecule has 0 aliphatic heterocycles. The molecule has 0 atom stereocenters. The Kier molecular flexibility index (Phi) is 6.33. The van der Waals surface area contributed by atoms with Gasteiger partial charge in [-0.1, -0.05) is 12.1 Å². The number of pyridine rings is 1. The lowest BCUT2D eigenvalue weighted by Gasteiger charge is -2.08. The van der Waals surface area contributed by atoms with Gasteiger partial charge in [0.05, 0.1) is 6.61 Å². The molecule has 2 aromatic rings. The number of amides is 1. The highest BCUT2D eigenvalue weighted by molar-refractivity contribution is 5.93. The second-order valence-corrected chi connectivity index (χ2v) is 5.56. The molecule has 0 radical (unpaired) electrons. The third-order valence-corrected chi connectivity index (χ3v) is 3.48. The third kappa shape index (κ3) is 5.80. The monoisotopic (exact) mass is 344 g/mol. The van der Waals surface area contributed by atoms with Crippen molar-refractivity contribution in [2.75, 3.05) is 6.61 Å². The van der Waals surface area contributed by atoms with Crippen LogP contribution in [0.5, 0.6) is 5.75 Å². The van der Waals surface area contributed by atoms with Gasteiger partial charge in [-0.3, -0.25) is 14.4 Å². The Morgan fingerprint density at radius 3 is 2.52 bits per heavy atom. The number of carboxylic acid groups (broad SMARTS) is 1. The lowest BCUT2D eigenvalue weighted by atomic mass is 10.2. The predicted molar refractivity (Wildman–Crippen MR) is 91.8 cm³/mol. The molecule has 0 unspecified atom stereocenters. The van der Waals surface area contributed by atoms with Gasteiger partial charge in [0.15, 0.2) is 0 Å². The standard InChI is InChI=1S/C18H20N2O5/c1-12-4-9-15(18(24)20-12)17(23)19-11-13-5-7-14(8-6-13)25-10-2-3-16(21)22/h4-9H,2-3,10-11H2,1H3,(H,19,23)(H,20,24)(H,21,22). The van der Waals surface area contributed by atoms with Crippen molar-refractivity contribution in [1.29, 1.82) is 0 Å². The van der Waals surface area contributed by atoms with E-state index in [4.69, 9.17) is 9.84 Å². The normalized spacial score (nSPS) is 10.3. The van der Waals surface area contributed by atoms with E-state index in [1.54, 1.807) is 37.3 Å². The highest BCUT2D eigenvalue weighted by atomic mass is 16.5. The number of carbonyl (C=O) groups is 2. The minimum atomic E-state index is -0.845. The Morgan fingerprint density at radius 1 is 1.16 bits per heavy atom. The topological polar surface area (TPSA) is 108 Å². The zero-order valence-electron chi connectivity index (χ0n) is 13.9. The zero-order chi connectivity index (χ0) is 18.2. The fraction of sp³-hybridized carbons (Fsp3) is 0.278. The number of H-pyrrole nitrogens is 1. The molecule has 0 aliphatic rings. The van der Waals surface area contributed by atoms with Crippen LogP contribution in [-0.2, 0) is 11.3 Å². The first-order valence-corrected chi connectivity index (χ1v) is 7.87. The SMILES string of the molecule is Cc1ccc(C(=O)NCc2ccc(OCCCC(=O)O)cc2)c(=O)[nH]1. The fourth-order valence-corrected chi connectivity index (χ4v) is 2.15. The van der Waals surface area contributed by atoms with E-state index in [2.05, 4.69) is 10.3 Å². The van der Waals surface area contributed by atoms with E-state index in [-0.39, 0.29) is 18.5 Å². The summed E-state index contributed by atoms with van der Waals surface area (Å²) in [7, 11) is 0. The van der Waals surface area contributed by atoms with Gasteiger partial charge in [0.2, 0.25) is 0 Å². The van der Waals surface area contributed by atoms with E-state index in [1.807, 2.05) is 0 Å². The summed E-state index contributed by atoms with van der Waals surface area (Å²) in [5.41, 5.74) is 1.21. The first kappa shape index (κ1) is 18.3. The number of nitrogens with one attached hydrogen (secondary N) is 2. The molecule has 0 spiro atoms. The first-order chi connectivity index (χ1) is 12.0. The van der Waals surface area contributed by atoms with E-state index in [9.17, 15) is 14.4 Å². The average molecular weight is 344 g/mol. The molecule has 0 aliphatic carbocycles. The Hall–Kier alpha value is -3.09. The number of aryl methyl sites for hydroxylation is 1. The highest BCUT2D eigenvalue weighted by Gasteiger charge is 2.09. The molecule has 0 fully saturated rings. The average Bonchev–Trinajstić information content (AvgIpc) is 2.57. The molecule has 1 aromatic carbocycles. The Morgan fingerprint density at radius 2 is 1.88 bits per heavy atom. The fourth-order valence-electron chi connectivity index (χ4n) is 2.15. The number of aliphatic carboxylic acids is 1. The van der Waals surface area contributed by atoms with Gasteiger partial charge in [-0.25, -0.2) is 0 Å². The molecule has 0 saturated heterocycles. The zero-order valence-corrected chi connectivity index (χ0v) is 13.9. The first-order valence-electron chi connectivity index (χ1n) is 7.87. The number of rotatable bonds is 8. The van der Waals surface area contributed by atoms with Crippen molar-refractivity contribution in [3.05, 3.63) is 63.6 Å². The van der Waals surface area contributed by atoms with E-state index >= 15 is 0 Å². The molecule has 7 heteroatoms. The van der Waals surface area contributed by atoms with E-state index < -0.39 is 17.4 Å². The quantitative estimate of drug-likeness (QED) is 0.633. The van der Waals surface area contributed by atoms with Crippen molar-refractivity contribution in [2.45, 2.75) is 26.3 Å². The van der Waals surface area contributed by atoms with Gasteiger partial charge in [0.25, 0.3) is 11.5 Å². The molecule has 1 heterocycles. The number of carboxylic acids is 1. The van der Waals surface area contributed by atoms with Gasteiger partial charge in [-0.2, -0.15) is 0 Å². The van der Waals surface area contributed by atoms with Gasteiger partial charge in [0.1, 0.15) is 11.3 Å². The number of ether oxygens (including phenoxy) is 1. The van der Waals surface area contributed by atoms with Crippen LogP contribution >= 0.6 is 0 Å². The largest absolute Gasteiger partial charge is 0.494 e. The van der Waals surface area contributed by atoms with Crippen molar-refractivity contribution >= 4 is 11.9 Å². The minimum Gasteiger partial charge on any atom is -0.494 e. The molecule has 2 rings (SSSR count). The molecule has 7 nitrogen and oxygen atoms in total. The second-order valence-electron chi connectivity index (χ2n) is 5.56. The summed E-state index contributed by atoms with van der Waals surface area (Å²) >= 11 is 0. The summed E-state index contributed by atoms with van der Waals surface area (Å²) in [6.45, 7) is 2.36. The van der Waals surface area contributed by atoms with Crippen molar-refractivity contribution in [3.8, 4) is 5.75 Å². The van der Waals surface area contributed by atoms with Crippen LogP contribution in [0.15, 0.2) is 41.2 Å². The van der Waals surface area contributed by atoms with Gasteiger partial charge in [-0.05, 0) is 43.2 Å². The van der Waals surface area contributed by atoms with E-state index in [1.165, 1.54) is 6.07 Å². The van der Waals surface area contributed by atoms with Crippen molar-refractivity contribution in [1.82, 2.24) is 10.3 Å². The summed E-state index contributed by atoms with van der Waals surface area (Å²) in [4.78, 5) is 36.8. The molecule has 1 aromatic heterocycles. The number of aromatic amines is 1. The van der Waals surface area contributed by atoms with Crippen LogP contribution in [0, 0.1) is 6.92 Å². The van der Waals surface area contributed by atoms with Crippen LogP contribution in [0.1, 0.15) is 34.5 Å². The van der Waals surface area contributed by atoms with E-state index in [0.29, 0.717) is 24.5 Å². The van der Waals surface area contributed by atoms with Crippen LogP contribution in [-0.4, -0.2) is 28.6 Å². The maximum atomic E-state index is 12.0. The number of hydrogen-bond donors (Lipinski definition) is 3. The third-order valence-electron chi connectivity index (χ3n) is 3.48. The molecule has 0 saturated carbocycles. The summed E-state index contributed by atoms with van der Waals surface area (Å²) in [6, 6.07) is 10.3. The van der Waals surface area contributed by atoms with E-state index in [0.717, 1.165) is 5.56 Å². The lowest BCUT2D eigenvalue weighted by molar-refractivity contribution is -0.137. The predicted octanol–water partition coefficient (Wildman–Crippen LogP) is 1.86. The van der Waals surface area contributed by atoms with Gasteiger partial charge in [0, 0.05) is 18.7 Å². The summed E-state index contributed by atoms with van der Waals surface area (Å²) in [5.74, 6) is -0.646.